The van der Waals surface area contributed by atoms with E-state index in [0.29, 0.717) is 17.0 Å². The first-order valence-electron chi connectivity index (χ1n) is 6.34. The zero-order valence-electron chi connectivity index (χ0n) is 10.7. The minimum absolute atomic E-state index is 0.0635. The van der Waals surface area contributed by atoms with Gasteiger partial charge in [0.1, 0.15) is 11.1 Å². The van der Waals surface area contributed by atoms with Crippen molar-refractivity contribution >= 4 is 33.6 Å². The van der Waals surface area contributed by atoms with Crippen molar-refractivity contribution in [1.82, 2.24) is 5.32 Å². The van der Waals surface area contributed by atoms with Crippen LogP contribution in [0.2, 0.25) is 0 Å². The van der Waals surface area contributed by atoms with Crippen LogP contribution in [-0.4, -0.2) is 12.5 Å². The van der Waals surface area contributed by atoms with Crippen molar-refractivity contribution in [2.75, 3.05) is 11.9 Å². The highest BCUT2D eigenvalue weighted by atomic mass is 32.1. The van der Waals surface area contributed by atoms with Crippen molar-refractivity contribution in [3.8, 4) is 6.07 Å². The Morgan fingerprint density at radius 1 is 1.55 bits per heavy atom. The maximum absolute atomic E-state index is 12.0. The molecule has 0 atom stereocenters. The molecule has 0 unspecified atom stereocenters. The van der Waals surface area contributed by atoms with Gasteiger partial charge in [-0.2, -0.15) is 16.6 Å². The van der Waals surface area contributed by atoms with E-state index in [4.69, 9.17) is 0 Å². The molecule has 2 aromatic heterocycles. The Labute approximate surface area is 125 Å². The summed E-state index contributed by atoms with van der Waals surface area (Å²) in [6.07, 6.45) is 1.21. The molecule has 0 radical (unpaired) electrons. The average Bonchev–Trinajstić information content (AvgIpc) is 3.05. The topological polar surface area (TPSA) is 64.9 Å². The summed E-state index contributed by atoms with van der Waals surface area (Å²) in [5.41, 5.74) is 2.75. The molecule has 2 aromatic rings. The van der Waals surface area contributed by atoms with Gasteiger partial charge >= 0.3 is 0 Å². The highest BCUT2D eigenvalue weighted by Crippen LogP contribution is 2.34. The zero-order valence-corrected chi connectivity index (χ0v) is 12.4. The fourth-order valence-corrected chi connectivity index (χ4v) is 4.14. The Bertz CT molecular complexity index is 667. The molecule has 2 N–H and O–H groups in total. The van der Waals surface area contributed by atoms with Crippen LogP contribution in [0.5, 0.6) is 0 Å². The number of thiophene rings is 2. The SMILES string of the molecule is N#Cc1c(NC(=O)Cc2ccsc2)sc2c1CCNC2. The Kier molecular flexibility index (Phi) is 3.83. The van der Waals surface area contributed by atoms with Gasteiger partial charge in [0.25, 0.3) is 0 Å². The minimum atomic E-state index is -0.0635. The Balaban J connectivity index is 1.79. The third kappa shape index (κ3) is 2.61. The van der Waals surface area contributed by atoms with Gasteiger partial charge in [-0.15, -0.1) is 11.3 Å². The van der Waals surface area contributed by atoms with Gasteiger partial charge in [-0.3, -0.25) is 4.79 Å². The van der Waals surface area contributed by atoms with Crippen molar-refractivity contribution in [3.05, 3.63) is 38.4 Å². The molecule has 3 heterocycles. The van der Waals surface area contributed by atoms with Gasteiger partial charge < -0.3 is 10.6 Å². The number of nitriles is 1. The van der Waals surface area contributed by atoms with Crippen molar-refractivity contribution < 1.29 is 4.79 Å². The van der Waals surface area contributed by atoms with Crippen molar-refractivity contribution in [3.63, 3.8) is 0 Å². The summed E-state index contributed by atoms with van der Waals surface area (Å²) in [6.45, 7) is 1.68. The van der Waals surface area contributed by atoms with Gasteiger partial charge in [0.05, 0.1) is 12.0 Å². The Morgan fingerprint density at radius 3 is 3.20 bits per heavy atom. The summed E-state index contributed by atoms with van der Waals surface area (Å²) < 4.78 is 0. The molecule has 3 rings (SSSR count). The second-order valence-corrected chi connectivity index (χ2v) is 6.49. The molecule has 6 heteroatoms. The van der Waals surface area contributed by atoms with Gasteiger partial charge in [-0.1, -0.05) is 0 Å². The first-order valence-corrected chi connectivity index (χ1v) is 8.10. The molecule has 4 nitrogen and oxygen atoms in total. The third-order valence-electron chi connectivity index (χ3n) is 3.24. The fraction of sp³-hybridized carbons (Fsp3) is 0.286. The monoisotopic (exact) mass is 303 g/mol. The molecular weight excluding hydrogens is 290 g/mol. The van der Waals surface area contributed by atoms with E-state index in [1.165, 1.54) is 16.2 Å². The first kappa shape index (κ1) is 13.3. The van der Waals surface area contributed by atoms with E-state index in [1.807, 2.05) is 16.8 Å². The molecular formula is C14H13N3OS2. The number of nitrogens with one attached hydrogen (secondary N) is 2. The van der Waals surface area contributed by atoms with Crippen LogP contribution in [-0.2, 0) is 24.2 Å². The number of hydrogen-bond donors (Lipinski definition) is 2. The molecule has 0 aliphatic carbocycles. The predicted octanol–water partition coefficient (Wildman–Crippen LogP) is 2.51. The Hall–Kier alpha value is -1.68. The van der Waals surface area contributed by atoms with Crippen LogP contribution in [0.15, 0.2) is 16.8 Å². The normalized spacial score (nSPS) is 13.6. The number of fused-ring (bicyclic) bond motifs is 1. The third-order valence-corrected chi connectivity index (χ3v) is 5.12. The number of amides is 1. The van der Waals surface area contributed by atoms with Crippen LogP contribution in [0.3, 0.4) is 0 Å². The Morgan fingerprint density at radius 2 is 2.45 bits per heavy atom. The van der Waals surface area contributed by atoms with E-state index in [9.17, 15) is 10.1 Å². The average molecular weight is 303 g/mol. The second kappa shape index (κ2) is 5.75. The van der Waals surface area contributed by atoms with Crippen LogP contribution in [0.25, 0.3) is 0 Å². The largest absolute Gasteiger partial charge is 0.316 e. The number of anilines is 1. The highest BCUT2D eigenvalue weighted by Gasteiger charge is 2.21. The fourth-order valence-electron chi connectivity index (χ4n) is 2.29. The molecule has 0 aromatic carbocycles. The smallest absolute Gasteiger partial charge is 0.229 e. The van der Waals surface area contributed by atoms with Gasteiger partial charge in [0.15, 0.2) is 0 Å². The standard InChI is InChI=1S/C14H13N3OS2/c15-6-11-10-1-3-16-7-12(10)20-14(11)17-13(18)5-9-2-4-19-8-9/h2,4,8,16H,1,3,5,7H2,(H,17,18). The van der Waals surface area contributed by atoms with Crippen molar-refractivity contribution in [2.45, 2.75) is 19.4 Å². The van der Waals surface area contributed by atoms with Gasteiger partial charge in [-0.25, -0.2) is 0 Å². The maximum Gasteiger partial charge on any atom is 0.229 e. The maximum atomic E-state index is 12.0. The number of nitrogens with zero attached hydrogens (tertiary/aromatic N) is 1. The quantitative estimate of drug-likeness (QED) is 0.915. The van der Waals surface area contributed by atoms with Crippen LogP contribution in [0.1, 0.15) is 21.6 Å². The highest BCUT2D eigenvalue weighted by molar-refractivity contribution is 7.16. The lowest BCUT2D eigenvalue weighted by Gasteiger charge is -2.11. The molecule has 0 saturated heterocycles. The molecule has 0 fully saturated rings. The summed E-state index contributed by atoms with van der Waals surface area (Å²) in [6, 6.07) is 4.18. The summed E-state index contributed by atoms with van der Waals surface area (Å²) in [5.74, 6) is -0.0635. The van der Waals surface area contributed by atoms with Crippen LogP contribution >= 0.6 is 22.7 Å². The van der Waals surface area contributed by atoms with E-state index in [0.717, 1.165) is 30.6 Å². The van der Waals surface area contributed by atoms with E-state index >= 15 is 0 Å². The lowest BCUT2D eigenvalue weighted by Crippen LogP contribution is -2.22. The van der Waals surface area contributed by atoms with E-state index in [-0.39, 0.29) is 5.91 Å². The predicted molar refractivity (Wildman–Crippen MR) is 81.1 cm³/mol. The molecule has 1 amide bonds. The minimum Gasteiger partial charge on any atom is -0.316 e. The summed E-state index contributed by atoms with van der Waals surface area (Å²) in [4.78, 5) is 13.2. The number of carbonyl (C=O) groups excluding carboxylic acids is 1. The lowest BCUT2D eigenvalue weighted by atomic mass is 10.1. The van der Waals surface area contributed by atoms with Crippen LogP contribution in [0.4, 0.5) is 5.00 Å². The van der Waals surface area contributed by atoms with Gasteiger partial charge in [0, 0.05) is 11.4 Å². The van der Waals surface area contributed by atoms with Crippen LogP contribution in [0, 0.1) is 11.3 Å². The lowest BCUT2D eigenvalue weighted by molar-refractivity contribution is -0.115. The van der Waals surface area contributed by atoms with E-state index in [2.05, 4.69) is 16.7 Å². The molecule has 20 heavy (non-hydrogen) atoms. The summed E-state index contributed by atoms with van der Waals surface area (Å²) in [5, 5.41) is 20.1. The molecule has 0 saturated carbocycles. The number of hydrogen-bond acceptors (Lipinski definition) is 5. The first-order chi connectivity index (χ1) is 9.78. The van der Waals surface area contributed by atoms with Crippen molar-refractivity contribution in [2.24, 2.45) is 0 Å². The molecule has 0 spiro atoms. The van der Waals surface area contributed by atoms with E-state index in [1.54, 1.807) is 11.3 Å². The van der Waals surface area contributed by atoms with E-state index < -0.39 is 0 Å². The zero-order chi connectivity index (χ0) is 13.9. The van der Waals surface area contributed by atoms with Gasteiger partial charge in [-0.05, 0) is 40.9 Å². The van der Waals surface area contributed by atoms with Gasteiger partial charge in [0.2, 0.25) is 5.91 Å². The number of carbonyl (C=O) groups is 1. The molecule has 0 bridgehead atoms. The summed E-state index contributed by atoms with van der Waals surface area (Å²) >= 11 is 3.09. The molecule has 1 aliphatic rings. The molecule has 1 aliphatic heterocycles. The summed E-state index contributed by atoms with van der Waals surface area (Å²) in [7, 11) is 0. The van der Waals surface area contributed by atoms with Crippen molar-refractivity contribution in [1.29, 1.82) is 5.26 Å². The van der Waals surface area contributed by atoms with Crippen LogP contribution < -0.4 is 10.6 Å². The molecule has 102 valence electrons. The number of rotatable bonds is 3. The second-order valence-electron chi connectivity index (χ2n) is 4.60.